The van der Waals surface area contributed by atoms with Crippen molar-refractivity contribution < 1.29 is 23.2 Å². The number of pyridine rings is 1. The van der Waals surface area contributed by atoms with Crippen molar-refractivity contribution in [2.45, 2.75) is 19.5 Å². The molecule has 0 aliphatic carbocycles. The van der Waals surface area contributed by atoms with Crippen LogP contribution in [-0.2, 0) is 16.1 Å². The van der Waals surface area contributed by atoms with Gasteiger partial charge in [0.05, 0.1) is 30.3 Å². The largest absolute Gasteiger partial charge is 0.345 e. The van der Waals surface area contributed by atoms with Gasteiger partial charge in [-0.2, -0.15) is 0 Å². The number of hydrogen-bond acceptors (Lipinski definition) is 5. The molecule has 0 radical (unpaired) electrons. The number of nitrogens with zero attached hydrogens (tertiary/aromatic N) is 2. The number of aromatic nitrogens is 3. The van der Waals surface area contributed by atoms with Crippen molar-refractivity contribution in [3.8, 4) is 0 Å². The number of imidazole rings is 1. The van der Waals surface area contributed by atoms with Crippen molar-refractivity contribution in [3.05, 3.63) is 145 Å². The fourth-order valence-corrected chi connectivity index (χ4v) is 5.62. The van der Waals surface area contributed by atoms with Gasteiger partial charge in [0.2, 0.25) is 0 Å². The predicted octanol–water partition coefficient (Wildman–Crippen LogP) is 5.57. The summed E-state index contributed by atoms with van der Waals surface area (Å²) in [6.45, 7) is 1.51. The highest BCUT2D eigenvalue weighted by Gasteiger charge is 2.28. The number of hydrogen-bond donors (Lipinski definition) is 4. The lowest BCUT2D eigenvalue weighted by Gasteiger charge is -2.20. The summed E-state index contributed by atoms with van der Waals surface area (Å²) < 4.78 is 29.1. The Labute approximate surface area is 274 Å². The van der Waals surface area contributed by atoms with E-state index in [2.05, 4.69) is 41.8 Å². The number of halogens is 3. The molecule has 13 heteroatoms. The molecule has 1 unspecified atom stereocenters. The lowest BCUT2D eigenvalue weighted by molar-refractivity contribution is -0.118. The molecule has 1 aliphatic heterocycles. The zero-order valence-electron chi connectivity index (χ0n) is 24.6. The van der Waals surface area contributed by atoms with E-state index >= 15 is 0 Å². The Bertz CT molecular complexity index is 2130. The van der Waals surface area contributed by atoms with E-state index < -0.39 is 35.0 Å². The van der Waals surface area contributed by atoms with E-state index in [0.717, 1.165) is 12.1 Å². The van der Waals surface area contributed by atoms with Gasteiger partial charge < -0.3 is 25.5 Å². The monoisotopic (exact) mass is 698 g/mol. The van der Waals surface area contributed by atoms with Gasteiger partial charge in [-0.3, -0.25) is 19.2 Å². The average molecular weight is 700 g/mol. The molecule has 0 bridgehead atoms. The number of carbonyl (C=O) groups excluding carboxylic acids is 3. The fraction of sp³-hybridized carbons (Fsp3) is 0.0882. The first-order chi connectivity index (χ1) is 22.6. The van der Waals surface area contributed by atoms with Crippen LogP contribution in [0.2, 0.25) is 0 Å². The van der Waals surface area contributed by atoms with Crippen LogP contribution in [0.25, 0.3) is 11.6 Å². The third kappa shape index (κ3) is 6.51. The number of fused-ring (bicyclic) bond motifs is 1. The van der Waals surface area contributed by atoms with Crippen LogP contribution in [0.3, 0.4) is 0 Å². The van der Waals surface area contributed by atoms with Gasteiger partial charge in [0.15, 0.2) is 11.6 Å². The maximum Gasteiger partial charge on any atom is 0.263 e. The van der Waals surface area contributed by atoms with Gasteiger partial charge in [0.25, 0.3) is 23.3 Å². The summed E-state index contributed by atoms with van der Waals surface area (Å²) >= 11 is 3.38. The number of benzene rings is 3. The number of anilines is 2. The summed E-state index contributed by atoms with van der Waals surface area (Å²) in [5, 5.41) is 8.28. The summed E-state index contributed by atoms with van der Waals surface area (Å²) in [5.41, 5.74) is 2.75. The number of H-pyrrole nitrogens is 1. The topological polar surface area (TPSA) is 138 Å². The van der Waals surface area contributed by atoms with Gasteiger partial charge in [-0.15, -0.1) is 0 Å². The van der Waals surface area contributed by atoms with Crippen LogP contribution in [0, 0.1) is 18.6 Å². The third-order valence-corrected chi connectivity index (χ3v) is 8.43. The number of nitrogens with one attached hydrogen (secondary N) is 4. The van der Waals surface area contributed by atoms with Gasteiger partial charge in [-0.25, -0.2) is 13.8 Å². The zero-order chi connectivity index (χ0) is 33.2. The van der Waals surface area contributed by atoms with E-state index in [0.29, 0.717) is 49.5 Å². The molecule has 1 atom stereocenters. The van der Waals surface area contributed by atoms with E-state index in [4.69, 9.17) is 0 Å². The Morgan fingerprint density at radius 2 is 1.81 bits per heavy atom. The van der Waals surface area contributed by atoms with Crippen LogP contribution in [0.15, 0.2) is 94.6 Å². The van der Waals surface area contributed by atoms with Gasteiger partial charge in [-0.05, 0) is 76.5 Å². The summed E-state index contributed by atoms with van der Waals surface area (Å²) in [6, 6.07) is 16.8. The van der Waals surface area contributed by atoms with Crippen LogP contribution in [-0.4, -0.2) is 32.3 Å². The molecule has 6 rings (SSSR count). The summed E-state index contributed by atoms with van der Waals surface area (Å²) in [7, 11) is 0. The second-order valence-corrected chi connectivity index (χ2v) is 11.6. The molecular formula is C34H25BrF2N6O4. The molecule has 2 aromatic heterocycles. The first-order valence-electron chi connectivity index (χ1n) is 14.3. The van der Waals surface area contributed by atoms with Gasteiger partial charge in [0, 0.05) is 27.1 Å². The molecule has 10 nitrogen and oxygen atoms in total. The first-order valence-corrected chi connectivity index (χ1v) is 15.0. The minimum atomic E-state index is -1.23. The standard InChI is InChI=1S/C34H25BrF2N6O4/c1-18-26(35)14-25(34(47)43(18)16-19-7-9-27(36)28(37)11-19)32(45)42-30(20-5-3-2-4-6-20)33(46)40-21-8-10-29-23(12-21)24(31(44)41-29)13-22-15-38-17-39-22/h2-15,17,30H,16H2,1H3,(H,38,39)(H,40,46)(H,41,44)(H,42,45). The minimum Gasteiger partial charge on any atom is -0.345 e. The van der Waals surface area contributed by atoms with Crippen LogP contribution >= 0.6 is 15.9 Å². The van der Waals surface area contributed by atoms with Crippen molar-refractivity contribution in [1.29, 1.82) is 0 Å². The molecule has 47 heavy (non-hydrogen) atoms. The van der Waals surface area contributed by atoms with Crippen molar-refractivity contribution >= 4 is 56.7 Å². The normalized spacial score (nSPS) is 13.6. The molecule has 3 aromatic carbocycles. The molecule has 3 amide bonds. The smallest absolute Gasteiger partial charge is 0.263 e. The Hall–Kier alpha value is -5.69. The van der Waals surface area contributed by atoms with Crippen LogP contribution in [0.5, 0.6) is 0 Å². The summed E-state index contributed by atoms with van der Waals surface area (Å²) in [5.74, 6) is -3.82. The van der Waals surface area contributed by atoms with E-state index in [9.17, 15) is 28.0 Å². The van der Waals surface area contributed by atoms with E-state index in [1.54, 1.807) is 67.7 Å². The maximum atomic E-state index is 13.9. The second kappa shape index (κ2) is 13.0. The van der Waals surface area contributed by atoms with E-state index in [1.807, 2.05) is 0 Å². The van der Waals surface area contributed by atoms with Crippen LogP contribution < -0.4 is 21.5 Å². The summed E-state index contributed by atoms with van der Waals surface area (Å²) in [6.07, 6.45) is 4.71. The lowest BCUT2D eigenvalue weighted by atomic mass is 10.0. The van der Waals surface area contributed by atoms with Gasteiger partial charge >= 0.3 is 0 Å². The molecular weight excluding hydrogens is 674 g/mol. The quantitative estimate of drug-likeness (QED) is 0.157. The lowest BCUT2D eigenvalue weighted by Crippen LogP contribution is -2.40. The molecule has 4 N–H and O–H groups in total. The minimum absolute atomic E-state index is 0.128. The molecule has 5 aromatic rings. The van der Waals surface area contributed by atoms with Crippen LogP contribution in [0.4, 0.5) is 20.2 Å². The van der Waals surface area contributed by atoms with Crippen molar-refractivity contribution in [2.24, 2.45) is 0 Å². The SMILES string of the molecule is Cc1c(Br)cc(C(=O)NC(C(=O)Nc2ccc3c(c2)C(=Cc2cnc[nH]2)C(=O)N3)c2ccccc2)c(=O)n1Cc1ccc(F)c(F)c1. The number of aromatic amines is 1. The first kappa shape index (κ1) is 31.3. The van der Waals surface area contributed by atoms with Crippen molar-refractivity contribution in [2.75, 3.05) is 10.6 Å². The predicted molar refractivity (Wildman–Crippen MR) is 175 cm³/mol. The average Bonchev–Trinajstić information content (AvgIpc) is 3.69. The maximum absolute atomic E-state index is 13.9. The number of rotatable bonds is 8. The molecule has 0 fully saturated rings. The third-order valence-electron chi connectivity index (χ3n) is 7.63. The highest BCUT2D eigenvalue weighted by molar-refractivity contribution is 9.10. The molecule has 0 spiro atoms. The fourth-order valence-electron chi connectivity index (χ4n) is 5.17. The van der Waals surface area contributed by atoms with Gasteiger partial charge in [-0.1, -0.05) is 36.4 Å². The Balaban J connectivity index is 1.29. The van der Waals surface area contributed by atoms with Crippen molar-refractivity contribution in [1.82, 2.24) is 19.9 Å². The van der Waals surface area contributed by atoms with E-state index in [1.165, 1.54) is 23.0 Å². The van der Waals surface area contributed by atoms with Crippen molar-refractivity contribution in [3.63, 3.8) is 0 Å². The molecule has 0 saturated carbocycles. The highest BCUT2D eigenvalue weighted by atomic mass is 79.9. The van der Waals surface area contributed by atoms with E-state index in [-0.39, 0.29) is 18.0 Å². The highest BCUT2D eigenvalue weighted by Crippen LogP contribution is 2.35. The molecule has 236 valence electrons. The molecule has 3 heterocycles. The Morgan fingerprint density at radius 1 is 1.02 bits per heavy atom. The van der Waals surface area contributed by atoms with Gasteiger partial charge in [0.1, 0.15) is 11.6 Å². The molecule has 0 saturated heterocycles. The van der Waals surface area contributed by atoms with Crippen LogP contribution in [0.1, 0.15) is 44.5 Å². The zero-order valence-corrected chi connectivity index (χ0v) is 26.2. The Kier molecular flexibility index (Phi) is 8.63. The Morgan fingerprint density at radius 3 is 2.53 bits per heavy atom. The summed E-state index contributed by atoms with van der Waals surface area (Å²) in [4.78, 5) is 60.5. The molecule has 1 aliphatic rings. The second-order valence-electron chi connectivity index (χ2n) is 10.7. The number of carbonyl (C=O) groups is 3. The number of amides is 3.